The van der Waals surface area contributed by atoms with Gasteiger partial charge in [0.25, 0.3) is 0 Å². The SMILES string of the molecule is CCCCC/C=C\C/C=C\CCCCCCCCC1(CCCCC/C=C\C/C=C\CCCCCCCC)O[C@H]2CN(C)C[C@H]2O1. The first-order valence-corrected chi connectivity index (χ1v) is 19.8. The van der Waals surface area contributed by atoms with Crippen molar-refractivity contribution in [2.45, 2.75) is 199 Å². The molecule has 0 N–H and O–H groups in total. The zero-order valence-electron chi connectivity index (χ0n) is 30.3. The average molecular weight is 626 g/mol. The second-order valence-electron chi connectivity index (χ2n) is 14.1. The molecule has 0 aromatic carbocycles. The van der Waals surface area contributed by atoms with Crippen LogP contribution in [0, 0.1) is 0 Å². The zero-order valence-corrected chi connectivity index (χ0v) is 30.3. The fraction of sp³-hybridized carbons (Fsp3) is 0.810. The highest BCUT2D eigenvalue weighted by molar-refractivity contribution is 4.95. The molecular formula is C42H75NO2. The van der Waals surface area contributed by atoms with Gasteiger partial charge in [-0.25, -0.2) is 0 Å². The number of nitrogens with zero attached hydrogens (tertiary/aromatic N) is 1. The number of fused-ring (bicyclic) bond motifs is 1. The molecule has 260 valence electrons. The first-order chi connectivity index (χ1) is 22.2. The van der Waals surface area contributed by atoms with Gasteiger partial charge < -0.3 is 14.4 Å². The van der Waals surface area contributed by atoms with Crippen molar-refractivity contribution in [2.75, 3.05) is 20.1 Å². The first-order valence-electron chi connectivity index (χ1n) is 19.8. The minimum atomic E-state index is -0.317. The van der Waals surface area contributed by atoms with Gasteiger partial charge in [0, 0.05) is 25.9 Å². The largest absolute Gasteiger partial charge is 0.343 e. The van der Waals surface area contributed by atoms with E-state index in [0.717, 1.165) is 38.8 Å². The van der Waals surface area contributed by atoms with E-state index in [0.29, 0.717) is 0 Å². The van der Waals surface area contributed by atoms with E-state index in [4.69, 9.17) is 9.47 Å². The molecule has 2 saturated heterocycles. The van der Waals surface area contributed by atoms with E-state index >= 15 is 0 Å². The molecule has 3 atom stereocenters. The molecule has 2 rings (SSSR count). The predicted molar refractivity (Wildman–Crippen MR) is 198 cm³/mol. The zero-order chi connectivity index (χ0) is 32.1. The maximum Gasteiger partial charge on any atom is 0.169 e. The summed E-state index contributed by atoms with van der Waals surface area (Å²) in [6, 6.07) is 0. The van der Waals surface area contributed by atoms with E-state index < -0.39 is 0 Å². The number of unbranched alkanes of at least 4 members (excludes halogenated alkanes) is 18. The van der Waals surface area contributed by atoms with Gasteiger partial charge in [-0.05, 0) is 84.1 Å². The van der Waals surface area contributed by atoms with Crippen molar-refractivity contribution < 1.29 is 9.47 Å². The van der Waals surface area contributed by atoms with Gasteiger partial charge >= 0.3 is 0 Å². The highest BCUT2D eigenvalue weighted by Crippen LogP contribution is 2.40. The van der Waals surface area contributed by atoms with Crippen molar-refractivity contribution in [2.24, 2.45) is 0 Å². The summed E-state index contributed by atoms with van der Waals surface area (Å²) in [5, 5.41) is 0. The minimum absolute atomic E-state index is 0.275. The van der Waals surface area contributed by atoms with Crippen molar-refractivity contribution in [3.05, 3.63) is 48.6 Å². The second-order valence-corrected chi connectivity index (χ2v) is 14.1. The van der Waals surface area contributed by atoms with Crippen LogP contribution in [-0.4, -0.2) is 43.0 Å². The van der Waals surface area contributed by atoms with Crippen LogP contribution < -0.4 is 0 Å². The maximum atomic E-state index is 6.69. The molecule has 1 unspecified atom stereocenters. The highest BCUT2D eigenvalue weighted by atomic mass is 16.8. The van der Waals surface area contributed by atoms with Crippen LogP contribution in [0.25, 0.3) is 0 Å². The van der Waals surface area contributed by atoms with Crippen molar-refractivity contribution in [1.82, 2.24) is 4.90 Å². The monoisotopic (exact) mass is 626 g/mol. The number of ether oxygens (including phenoxy) is 2. The topological polar surface area (TPSA) is 21.7 Å². The first kappa shape index (κ1) is 40.0. The Bertz CT molecular complexity index is 770. The highest BCUT2D eigenvalue weighted by Gasteiger charge is 2.49. The Morgan fingerprint density at radius 2 is 0.800 bits per heavy atom. The van der Waals surface area contributed by atoms with Crippen molar-refractivity contribution in [3.63, 3.8) is 0 Å². The number of likely N-dealkylation sites (N-methyl/N-ethyl adjacent to an activating group) is 1. The normalized spacial score (nSPS) is 22.4. The smallest absolute Gasteiger partial charge is 0.169 e. The Kier molecular flexibility index (Phi) is 24.8. The minimum Gasteiger partial charge on any atom is -0.343 e. The van der Waals surface area contributed by atoms with Gasteiger partial charge in [-0.3, -0.25) is 0 Å². The molecule has 3 heteroatoms. The third-order valence-corrected chi connectivity index (χ3v) is 9.65. The van der Waals surface area contributed by atoms with Gasteiger partial charge in [0.15, 0.2) is 5.79 Å². The lowest BCUT2D eigenvalue weighted by molar-refractivity contribution is -0.193. The van der Waals surface area contributed by atoms with Gasteiger partial charge in [-0.15, -0.1) is 0 Å². The molecule has 2 fully saturated rings. The quantitative estimate of drug-likeness (QED) is 0.0585. The Hall–Kier alpha value is -1.16. The molecule has 0 aromatic heterocycles. The van der Waals surface area contributed by atoms with E-state index in [-0.39, 0.29) is 18.0 Å². The number of likely N-dealkylation sites (tertiary alicyclic amines) is 1. The Balaban J connectivity index is 1.51. The van der Waals surface area contributed by atoms with Crippen molar-refractivity contribution >= 4 is 0 Å². The third kappa shape index (κ3) is 20.6. The molecular weight excluding hydrogens is 550 g/mol. The maximum absolute atomic E-state index is 6.69. The fourth-order valence-electron chi connectivity index (χ4n) is 6.86. The second kappa shape index (κ2) is 27.9. The Morgan fingerprint density at radius 3 is 1.24 bits per heavy atom. The number of rotatable bonds is 30. The summed E-state index contributed by atoms with van der Waals surface area (Å²) in [6.45, 7) is 6.60. The van der Waals surface area contributed by atoms with E-state index in [2.05, 4.69) is 74.4 Å². The van der Waals surface area contributed by atoms with Gasteiger partial charge in [0.05, 0.1) is 0 Å². The van der Waals surface area contributed by atoms with Crippen LogP contribution in [0.4, 0.5) is 0 Å². The molecule has 2 heterocycles. The van der Waals surface area contributed by atoms with Crippen LogP contribution in [0.1, 0.15) is 181 Å². The average Bonchev–Trinajstić information content (AvgIpc) is 3.54. The Labute approximate surface area is 281 Å². The lowest BCUT2D eigenvalue weighted by Gasteiger charge is -2.30. The molecule has 0 spiro atoms. The third-order valence-electron chi connectivity index (χ3n) is 9.65. The van der Waals surface area contributed by atoms with Crippen LogP contribution in [0.2, 0.25) is 0 Å². The van der Waals surface area contributed by atoms with Crippen LogP contribution in [0.15, 0.2) is 48.6 Å². The summed E-state index contributed by atoms with van der Waals surface area (Å²) in [6.07, 6.45) is 52.7. The summed E-state index contributed by atoms with van der Waals surface area (Å²) in [4.78, 5) is 2.36. The lowest BCUT2D eigenvalue weighted by Crippen LogP contribution is -2.34. The molecule has 0 amide bonds. The molecule has 0 radical (unpaired) electrons. The van der Waals surface area contributed by atoms with E-state index in [1.165, 1.54) is 141 Å². The van der Waals surface area contributed by atoms with E-state index in [9.17, 15) is 0 Å². The molecule has 45 heavy (non-hydrogen) atoms. The van der Waals surface area contributed by atoms with Crippen molar-refractivity contribution in [3.8, 4) is 0 Å². The summed E-state index contributed by atoms with van der Waals surface area (Å²) in [7, 11) is 2.19. The lowest BCUT2D eigenvalue weighted by atomic mass is 9.99. The van der Waals surface area contributed by atoms with Gasteiger partial charge in [0.1, 0.15) is 12.2 Å². The van der Waals surface area contributed by atoms with Crippen LogP contribution in [0.3, 0.4) is 0 Å². The number of hydrogen-bond acceptors (Lipinski definition) is 3. The van der Waals surface area contributed by atoms with Crippen LogP contribution in [-0.2, 0) is 9.47 Å². The Morgan fingerprint density at radius 1 is 0.467 bits per heavy atom. The number of hydrogen-bond donors (Lipinski definition) is 0. The van der Waals surface area contributed by atoms with E-state index in [1.54, 1.807) is 0 Å². The molecule has 0 aliphatic carbocycles. The van der Waals surface area contributed by atoms with E-state index in [1.807, 2.05) is 0 Å². The van der Waals surface area contributed by atoms with Gasteiger partial charge in [0.2, 0.25) is 0 Å². The summed E-state index contributed by atoms with van der Waals surface area (Å²) in [5.41, 5.74) is 0. The molecule has 2 aliphatic rings. The van der Waals surface area contributed by atoms with Gasteiger partial charge in [-0.2, -0.15) is 0 Å². The molecule has 0 saturated carbocycles. The molecule has 0 bridgehead atoms. The predicted octanol–water partition coefficient (Wildman–Crippen LogP) is 12.8. The summed E-state index contributed by atoms with van der Waals surface area (Å²) in [5.74, 6) is -0.317. The fourth-order valence-corrected chi connectivity index (χ4v) is 6.86. The van der Waals surface area contributed by atoms with Gasteiger partial charge in [-0.1, -0.05) is 140 Å². The van der Waals surface area contributed by atoms with Crippen LogP contribution in [0.5, 0.6) is 0 Å². The molecule has 2 aliphatic heterocycles. The summed E-state index contributed by atoms with van der Waals surface area (Å²) < 4.78 is 13.4. The summed E-state index contributed by atoms with van der Waals surface area (Å²) >= 11 is 0. The van der Waals surface area contributed by atoms with Crippen molar-refractivity contribution in [1.29, 1.82) is 0 Å². The standard InChI is InChI=1S/C42H75NO2/c1-4-6-8-10-12-14-16-18-20-22-24-26-28-30-32-34-36-42(44-40-38-43(3)39-41(40)45-42)37-35-33-31-29-27-25-23-21-19-17-15-13-11-9-7-5-2/h12,14,18-21,25,27,40-41H,4-11,13,15-17,22-24,26,28-39H2,1-3H3/b14-12-,20-18-,21-19-,27-25-/t40-,41+,42?. The number of allylic oxidation sites excluding steroid dienone is 8. The molecule has 0 aromatic rings. The molecule has 3 nitrogen and oxygen atoms in total. The van der Waals surface area contributed by atoms with Crippen LogP contribution >= 0.6 is 0 Å².